The molecule has 140 valence electrons. The van der Waals surface area contributed by atoms with Gasteiger partial charge in [0.2, 0.25) is 0 Å². The summed E-state index contributed by atoms with van der Waals surface area (Å²) in [5, 5.41) is 9.58. The van der Waals surface area contributed by atoms with Gasteiger partial charge in [0, 0.05) is 17.4 Å². The van der Waals surface area contributed by atoms with Gasteiger partial charge in [0.05, 0.1) is 0 Å². The first-order valence-electron chi connectivity index (χ1n) is 8.73. The summed E-state index contributed by atoms with van der Waals surface area (Å²) >= 11 is 13.9. The van der Waals surface area contributed by atoms with E-state index in [4.69, 9.17) is 27.9 Å². The molecule has 0 saturated heterocycles. The molecule has 1 fully saturated rings. The number of halogens is 2. The molecular formula is C20H19Cl2N3OS. The fourth-order valence-electron chi connectivity index (χ4n) is 2.81. The Morgan fingerprint density at radius 2 is 1.81 bits per heavy atom. The van der Waals surface area contributed by atoms with Crippen molar-refractivity contribution >= 4 is 35.0 Å². The van der Waals surface area contributed by atoms with Crippen LogP contribution in [-0.4, -0.2) is 24.9 Å². The molecule has 3 aromatic rings. The standard InChI is InChI=1S/C20H19Cl2N3OS/c1-14-7-5-6-10-17(14)26-12-18-23-24-19(27-13-15-11-20(15,21)22)25(18)16-8-3-2-4-9-16/h2-10,15H,11-13H2,1H3. The van der Waals surface area contributed by atoms with Gasteiger partial charge in [0.1, 0.15) is 16.7 Å². The third kappa shape index (κ3) is 4.26. The highest BCUT2D eigenvalue weighted by molar-refractivity contribution is 7.99. The molecule has 1 aliphatic carbocycles. The maximum absolute atomic E-state index is 6.16. The minimum atomic E-state index is -0.582. The van der Waals surface area contributed by atoms with Crippen LogP contribution in [0.1, 0.15) is 17.8 Å². The lowest BCUT2D eigenvalue weighted by molar-refractivity contribution is 0.291. The highest BCUT2D eigenvalue weighted by Crippen LogP contribution is 2.54. The normalized spacial score (nSPS) is 17.7. The Hall–Kier alpha value is -1.69. The Bertz CT molecular complexity index is 930. The number of para-hydroxylation sites is 2. The molecule has 1 atom stereocenters. The molecular weight excluding hydrogens is 401 g/mol. The number of alkyl halides is 2. The molecule has 2 aromatic carbocycles. The molecule has 27 heavy (non-hydrogen) atoms. The van der Waals surface area contributed by atoms with E-state index in [2.05, 4.69) is 10.2 Å². The number of ether oxygens (including phenoxy) is 1. The van der Waals surface area contributed by atoms with Crippen LogP contribution >= 0.6 is 35.0 Å². The summed E-state index contributed by atoms with van der Waals surface area (Å²) in [4.78, 5) is 0. The Balaban J connectivity index is 1.56. The lowest BCUT2D eigenvalue weighted by Crippen LogP contribution is -2.07. The summed E-state index contributed by atoms with van der Waals surface area (Å²) in [7, 11) is 0. The summed E-state index contributed by atoms with van der Waals surface area (Å²) in [6, 6.07) is 18.0. The van der Waals surface area contributed by atoms with Gasteiger partial charge in [-0.1, -0.05) is 48.2 Å². The number of benzene rings is 2. The third-order valence-corrected chi connectivity index (χ3v) is 6.55. The van der Waals surface area contributed by atoms with Gasteiger partial charge < -0.3 is 4.74 Å². The van der Waals surface area contributed by atoms with E-state index in [0.717, 1.165) is 40.2 Å². The van der Waals surface area contributed by atoms with Crippen LogP contribution in [0.4, 0.5) is 0 Å². The maximum atomic E-state index is 6.16. The van der Waals surface area contributed by atoms with E-state index in [-0.39, 0.29) is 0 Å². The summed E-state index contributed by atoms with van der Waals surface area (Å²) in [5.74, 6) is 2.71. The fraction of sp³-hybridized carbons (Fsp3) is 0.300. The van der Waals surface area contributed by atoms with Gasteiger partial charge in [0.15, 0.2) is 11.0 Å². The average Bonchev–Trinajstić information content (AvgIpc) is 3.10. The van der Waals surface area contributed by atoms with E-state index in [1.807, 2.05) is 66.1 Å². The number of rotatable bonds is 7. The molecule has 1 saturated carbocycles. The first kappa shape index (κ1) is 18.7. The zero-order chi connectivity index (χ0) is 18.9. The van der Waals surface area contributed by atoms with Crippen LogP contribution < -0.4 is 4.74 Å². The van der Waals surface area contributed by atoms with Crippen molar-refractivity contribution in [2.45, 2.75) is 29.4 Å². The Labute approximate surface area is 172 Å². The zero-order valence-electron chi connectivity index (χ0n) is 14.8. The molecule has 0 aliphatic heterocycles. The first-order chi connectivity index (χ1) is 13.0. The molecule has 0 N–H and O–H groups in total. The van der Waals surface area contributed by atoms with E-state index in [1.165, 1.54) is 0 Å². The summed E-state index contributed by atoms with van der Waals surface area (Å²) in [6.07, 6.45) is 0.825. The summed E-state index contributed by atoms with van der Waals surface area (Å²) in [6.45, 7) is 2.37. The predicted octanol–water partition coefficient (Wildman–Crippen LogP) is 5.44. The van der Waals surface area contributed by atoms with Crippen molar-refractivity contribution in [2.75, 3.05) is 5.75 Å². The van der Waals surface area contributed by atoms with Crippen LogP contribution in [0.15, 0.2) is 59.8 Å². The second-order valence-corrected chi connectivity index (χ2v) is 9.13. The second-order valence-electron chi connectivity index (χ2n) is 6.60. The minimum absolute atomic E-state index is 0.290. The zero-order valence-corrected chi connectivity index (χ0v) is 17.1. The van der Waals surface area contributed by atoms with Crippen molar-refractivity contribution in [3.05, 3.63) is 66.0 Å². The molecule has 0 bridgehead atoms. The number of thioether (sulfide) groups is 1. The van der Waals surface area contributed by atoms with Gasteiger partial charge >= 0.3 is 0 Å². The van der Waals surface area contributed by atoms with Crippen molar-refractivity contribution in [2.24, 2.45) is 5.92 Å². The van der Waals surface area contributed by atoms with Gasteiger partial charge in [-0.3, -0.25) is 4.57 Å². The van der Waals surface area contributed by atoms with E-state index in [1.54, 1.807) is 11.8 Å². The Kier molecular flexibility index (Phi) is 5.35. The van der Waals surface area contributed by atoms with Crippen molar-refractivity contribution in [3.8, 4) is 11.4 Å². The molecule has 7 heteroatoms. The number of aryl methyl sites for hydroxylation is 1. The second kappa shape index (κ2) is 7.74. The van der Waals surface area contributed by atoms with Crippen LogP contribution in [0.5, 0.6) is 5.75 Å². The van der Waals surface area contributed by atoms with Gasteiger partial charge in [-0.25, -0.2) is 0 Å². The molecule has 0 spiro atoms. The molecule has 1 aliphatic rings. The molecule has 0 radical (unpaired) electrons. The predicted molar refractivity (Wildman–Crippen MR) is 110 cm³/mol. The molecule has 1 aromatic heterocycles. The highest BCUT2D eigenvalue weighted by atomic mass is 35.5. The summed E-state index contributed by atoms with van der Waals surface area (Å²) < 4.78 is 7.45. The molecule has 0 amide bonds. The van der Waals surface area contributed by atoms with E-state index < -0.39 is 4.33 Å². The van der Waals surface area contributed by atoms with E-state index >= 15 is 0 Å². The van der Waals surface area contributed by atoms with Gasteiger partial charge in [0.25, 0.3) is 0 Å². The maximum Gasteiger partial charge on any atom is 0.195 e. The monoisotopic (exact) mass is 419 g/mol. The number of nitrogens with zero attached hydrogens (tertiary/aromatic N) is 3. The molecule has 4 nitrogen and oxygen atoms in total. The van der Waals surface area contributed by atoms with Gasteiger partial charge in [-0.15, -0.1) is 33.4 Å². The minimum Gasteiger partial charge on any atom is -0.485 e. The van der Waals surface area contributed by atoms with Crippen molar-refractivity contribution < 1.29 is 4.74 Å². The van der Waals surface area contributed by atoms with E-state index in [9.17, 15) is 0 Å². The average molecular weight is 420 g/mol. The smallest absolute Gasteiger partial charge is 0.195 e. The van der Waals surface area contributed by atoms with E-state index in [0.29, 0.717) is 12.5 Å². The molecule has 1 heterocycles. The van der Waals surface area contributed by atoms with Crippen LogP contribution in [0.2, 0.25) is 0 Å². The lowest BCUT2D eigenvalue weighted by atomic mass is 10.2. The number of hydrogen-bond acceptors (Lipinski definition) is 4. The topological polar surface area (TPSA) is 39.9 Å². The third-order valence-electron chi connectivity index (χ3n) is 4.53. The van der Waals surface area contributed by atoms with Crippen molar-refractivity contribution in [1.82, 2.24) is 14.8 Å². The van der Waals surface area contributed by atoms with Gasteiger partial charge in [-0.05, 0) is 37.1 Å². The molecule has 1 unspecified atom stereocenters. The summed E-state index contributed by atoms with van der Waals surface area (Å²) in [5.41, 5.74) is 2.10. The van der Waals surface area contributed by atoms with Crippen molar-refractivity contribution in [3.63, 3.8) is 0 Å². The van der Waals surface area contributed by atoms with Crippen LogP contribution in [0, 0.1) is 12.8 Å². The quantitative estimate of drug-likeness (QED) is 0.377. The first-order valence-corrected chi connectivity index (χ1v) is 10.5. The Morgan fingerprint density at radius 1 is 1.11 bits per heavy atom. The largest absolute Gasteiger partial charge is 0.485 e. The van der Waals surface area contributed by atoms with Gasteiger partial charge in [-0.2, -0.15) is 0 Å². The SMILES string of the molecule is Cc1ccccc1OCc1nnc(SCC2CC2(Cl)Cl)n1-c1ccccc1. The van der Waals surface area contributed by atoms with Crippen molar-refractivity contribution in [1.29, 1.82) is 0 Å². The van der Waals surface area contributed by atoms with Crippen LogP contribution in [0.25, 0.3) is 5.69 Å². The lowest BCUT2D eigenvalue weighted by Gasteiger charge is -2.12. The fourth-order valence-corrected chi connectivity index (χ4v) is 4.71. The highest BCUT2D eigenvalue weighted by Gasteiger charge is 2.51. The van der Waals surface area contributed by atoms with Crippen LogP contribution in [-0.2, 0) is 6.61 Å². The Morgan fingerprint density at radius 3 is 2.52 bits per heavy atom. The molecule has 4 rings (SSSR count). The number of hydrogen-bond donors (Lipinski definition) is 0. The number of aromatic nitrogens is 3. The van der Waals surface area contributed by atoms with Crippen LogP contribution in [0.3, 0.4) is 0 Å².